The molecule has 1 aromatic rings. The lowest BCUT2D eigenvalue weighted by molar-refractivity contribution is 0.615. The van der Waals surface area contributed by atoms with Gasteiger partial charge in [0.05, 0.1) is 17.3 Å². The number of anilines is 1. The lowest BCUT2D eigenvalue weighted by atomic mass is 10.1. The van der Waals surface area contributed by atoms with Crippen molar-refractivity contribution in [1.29, 1.82) is 5.26 Å². The van der Waals surface area contributed by atoms with Crippen LogP contribution in [-0.4, -0.2) is 13.1 Å². The smallest absolute Gasteiger partial charge is 0.0992 e. The van der Waals surface area contributed by atoms with E-state index in [4.69, 9.17) is 5.26 Å². The largest absolute Gasteiger partial charge is 0.371 e. The van der Waals surface area contributed by atoms with Gasteiger partial charge in [-0.05, 0) is 47.5 Å². The highest BCUT2D eigenvalue weighted by Gasteiger charge is 2.12. The van der Waals surface area contributed by atoms with Gasteiger partial charge in [0.25, 0.3) is 0 Å². The summed E-state index contributed by atoms with van der Waals surface area (Å²) in [5.41, 5.74) is 1.83. The van der Waals surface area contributed by atoms with Gasteiger partial charge >= 0.3 is 0 Å². The van der Waals surface area contributed by atoms with Gasteiger partial charge in [0.15, 0.2) is 0 Å². The van der Waals surface area contributed by atoms with Gasteiger partial charge in [-0.3, -0.25) is 0 Å². The Balaban J connectivity index is 2.92. The lowest BCUT2D eigenvalue weighted by Gasteiger charge is -2.27. The fraction of sp³-hybridized carbons (Fsp3) is 0.462. The van der Waals surface area contributed by atoms with E-state index < -0.39 is 0 Å². The van der Waals surface area contributed by atoms with E-state index in [2.05, 4.69) is 47.8 Å². The molecule has 16 heavy (non-hydrogen) atoms. The van der Waals surface area contributed by atoms with Crippen molar-refractivity contribution in [3.8, 4) is 6.07 Å². The summed E-state index contributed by atoms with van der Waals surface area (Å²) < 4.78 is 0.983. The predicted molar refractivity (Wildman–Crippen MR) is 71.6 cm³/mol. The van der Waals surface area contributed by atoms with Gasteiger partial charge in [0.2, 0.25) is 0 Å². The van der Waals surface area contributed by atoms with Crippen LogP contribution >= 0.6 is 15.9 Å². The van der Waals surface area contributed by atoms with Crippen molar-refractivity contribution >= 4 is 21.6 Å². The summed E-state index contributed by atoms with van der Waals surface area (Å²) in [4.78, 5) is 2.24. The summed E-state index contributed by atoms with van der Waals surface area (Å²) in [5, 5.41) is 8.80. The third-order valence-electron chi connectivity index (χ3n) is 2.82. The first-order valence-corrected chi connectivity index (χ1v) is 6.32. The Labute approximate surface area is 106 Å². The minimum absolute atomic E-state index is 0.509. The first-order chi connectivity index (χ1) is 7.60. The molecule has 0 saturated carbocycles. The number of nitrogens with zero attached hydrogens (tertiary/aromatic N) is 2. The summed E-state index contributed by atoms with van der Waals surface area (Å²) in [6, 6.07) is 8.37. The first-order valence-electron chi connectivity index (χ1n) is 5.52. The predicted octanol–water partition coefficient (Wildman–Crippen LogP) is 3.95. The van der Waals surface area contributed by atoms with Crippen molar-refractivity contribution < 1.29 is 0 Å². The van der Waals surface area contributed by atoms with Crippen molar-refractivity contribution in [1.82, 2.24) is 0 Å². The number of rotatable bonds is 4. The van der Waals surface area contributed by atoms with Gasteiger partial charge in [-0.1, -0.05) is 13.3 Å². The highest BCUT2D eigenvalue weighted by atomic mass is 79.9. The number of benzene rings is 1. The van der Waals surface area contributed by atoms with Crippen molar-refractivity contribution in [2.75, 3.05) is 11.9 Å². The van der Waals surface area contributed by atoms with Crippen LogP contribution in [0.1, 0.15) is 32.3 Å². The number of hydrogen-bond acceptors (Lipinski definition) is 2. The molecule has 0 aliphatic carbocycles. The van der Waals surface area contributed by atoms with Crippen molar-refractivity contribution in [2.24, 2.45) is 0 Å². The van der Waals surface area contributed by atoms with E-state index in [0.717, 1.165) is 10.2 Å². The Kier molecular flexibility index (Phi) is 4.82. The van der Waals surface area contributed by atoms with Crippen molar-refractivity contribution in [2.45, 2.75) is 32.7 Å². The molecule has 86 valence electrons. The molecule has 0 aromatic heterocycles. The molecule has 1 rings (SSSR count). The first kappa shape index (κ1) is 13.1. The van der Waals surface area contributed by atoms with Gasteiger partial charge in [0, 0.05) is 17.6 Å². The van der Waals surface area contributed by atoms with Crippen molar-refractivity contribution in [3.05, 3.63) is 28.2 Å². The van der Waals surface area contributed by atoms with E-state index in [0.29, 0.717) is 11.6 Å². The third-order valence-corrected chi connectivity index (χ3v) is 3.46. The van der Waals surface area contributed by atoms with Crippen LogP contribution in [0.3, 0.4) is 0 Å². The summed E-state index contributed by atoms with van der Waals surface area (Å²) in [7, 11) is 2.09. The van der Waals surface area contributed by atoms with E-state index in [1.165, 1.54) is 12.8 Å². The molecule has 0 fully saturated rings. The molecule has 0 heterocycles. The van der Waals surface area contributed by atoms with Gasteiger partial charge in [0.1, 0.15) is 0 Å². The normalized spacial score (nSPS) is 11.9. The molecule has 1 unspecified atom stereocenters. The summed E-state index contributed by atoms with van der Waals surface area (Å²) in [5.74, 6) is 0. The Hall–Kier alpha value is -1.01. The molecule has 3 heteroatoms. The van der Waals surface area contributed by atoms with E-state index in [1.54, 1.807) is 0 Å². The molecular weight excluding hydrogens is 264 g/mol. The average Bonchev–Trinajstić information content (AvgIpc) is 2.28. The SMILES string of the molecule is CCCC(C)N(C)c1ccc(C#N)cc1Br. The van der Waals surface area contributed by atoms with E-state index in [-0.39, 0.29) is 0 Å². The Morgan fingerprint density at radius 3 is 2.69 bits per heavy atom. The summed E-state index contributed by atoms with van der Waals surface area (Å²) in [6.45, 7) is 4.41. The number of halogens is 1. The highest BCUT2D eigenvalue weighted by molar-refractivity contribution is 9.10. The molecule has 0 bridgehead atoms. The minimum atomic E-state index is 0.509. The molecule has 1 atom stereocenters. The zero-order valence-corrected chi connectivity index (χ0v) is 11.6. The molecule has 2 nitrogen and oxygen atoms in total. The van der Waals surface area contributed by atoms with Gasteiger partial charge in [-0.2, -0.15) is 5.26 Å². The maximum atomic E-state index is 8.80. The standard InChI is InChI=1S/C13H17BrN2/c1-4-5-10(2)16(3)13-7-6-11(9-15)8-12(13)14/h6-8,10H,4-5H2,1-3H3. The van der Waals surface area contributed by atoms with E-state index in [9.17, 15) is 0 Å². The maximum absolute atomic E-state index is 8.80. The van der Waals surface area contributed by atoms with Crippen LogP contribution in [0.2, 0.25) is 0 Å². The second-order valence-corrected chi connectivity index (χ2v) is 4.88. The fourth-order valence-electron chi connectivity index (χ4n) is 1.71. The Bertz CT molecular complexity index is 395. The van der Waals surface area contributed by atoms with Crippen LogP contribution in [0.15, 0.2) is 22.7 Å². The summed E-state index contributed by atoms with van der Waals surface area (Å²) in [6.07, 6.45) is 2.35. The minimum Gasteiger partial charge on any atom is -0.371 e. The molecule has 0 aliphatic rings. The van der Waals surface area contributed by atoms with Crippen LogP contribution in [-0.2, 0) is 0 Å². The zero-order chi connectivity index (χ0) is 12.1. The van der Waals surface area contributed by atoms with Gasteiger partial charge in [-0.25, -0.2) is 0 Å². The van der Waals surface area contributed by atoms with Gasteiger partial charge in [-0.15, -0.1) is 0 Å². The second-order valence-electron chi connectivity index (χ2n) is 4.03. The molecule has 1 aromatic carbocycles. The van der Waals surface area contributed by atoms with Crippen LogP contribution in [0.4, 0.5) is 5.69 Å². The molecule has 0 radical (unpaired) electrons. The lowest BCUT2D eigenvalue weighted by Crippen LogP contribution is -2.28. The Morgan fingerprint density at radius 1 is 1.50 bits per heavy atom. The van der Waals surface area contributed by atoms with Gasteiger partial charge < -0.3 is 4.90 Å². The van der Waals surface area contributed by atoms with Crippen molar-refractivity contribution in [3.63, 3.8) is 0 Å². The molecular formula is C13H17BrN2. The van der Waals surface area contributed by atoms with Crippen LogP contribution in [0.5, 0.6) is 0 Å². The average molecular weight is 281 g/mol. The fourth-order valence-corrected chi connectivity index (χ4v) is 2.37. The van der Waals surface area contributed by atoms with Crippen LogP contribution in [0, 0.1) is 11.3 Å². The Morgan fingerprint density at radius 2 is 2.19 bits per heavy atom. The monoisotopic (exact) mass is 280 g/mol. The molecule has 0 spiro atoms. The third kappa shape index (κ3) is 2.99. The van der Waals surface area contributed by atoms with Crippen LogP contribution in [0.25, 0.3) is 0 Å². The maximum Gasteiger partial charge on any atom is 0.0992 e. The highest BCUT2D eigenvalue weighted by Crippen LogP contribution is 2.28. The topological polar surface area (TPSA) is 27.0 Å². The summed E-state index contributed by atoms with van der Waals surface area (Å²) >= 11 is 3.52. The van der Waals surface area contributed by atoms with Crippen LogP contribution < -0.4 is 4.90 Å². The number of hydrogen-bond donors (Lipinski definition) is 0. The molecule has 0 N–H and O–H groups in total. The zero-order valence-electron chi connectivity index (χ0n) is 10.00. The van der Waals surface area contributed by atoms with E-state index >= 15 is 0 Å². The molecule has 0 saturated heterocycles. The molecule has 0 aliphatic heterocycles. The molecule has 0 amide bonds. The second kappa shape index (κ2) is 5.91. The van der Waals surface area contributed by atoms with E-state index in [1.807, 2.05) is 18.2 Å². The quantitative estimate of drug-likeness (QED) is 0.835. The number of nitriles is 1.